The maximum atomic E-state index is 11.9. The van der Waals surface area contributed by atoms with Gasteiger partial charge in [-0.15, -0.1) is 0 Å². The Balaban J connectivity index is 2.64. The van der Waals surface area contributed by atoms with E-state index >= 15 is 0 Å². The first kappa shape index (κ1) is 20.7. The molecule has 1 atom stereocenters. The lowest BCUT2D eigenvalue weighted by Gasteiger charge is -2.26. The van der Waals surface area contributed by atoms with Crippen molar-refractivity contribution in [2.75, 3.05) is 13.1 Å². The zero-order valence-electron chi connectivity index (χ0n) is 15.4. The average Bonchev–Trinajstić information content (AvgIpc) is 2.45. The molecule has 1 aromatic rings. The van der Waals surface area contributed by atoms with Crippen LogP contribution in [0.1, 0.15) is 33.3 Å². The summed E-state index contributed by atoms with van der Waals surface area (Å²) in [5.74, 6) is -0.973. The summed E-state index contributed by atoms with van der Waals surface area (Å²) in [6.07, 6.45) is 2.27. The highest BCUT2D eigenvalue weighted by Gasteiger charge is 2.18. The molecule has 2 N–H and O–H groups in total. The molecule has 0 aliphatic rings. The van der Waals surface area contributed by atoms with Crippen LogP contribution in [0, 0.1) is 0 Å². The minimum atomic E-state index is -0.973. The third-order valence-corrected chi connectivity index (χ3v) is 3.17. The summed E-state index contributed by atoms with van der Waals surface area (Å²) in [4.78, 5) is 24.6. The van der Waals surface area contributed by atoms with Crippen LogP contribution in [0.2, 0.25) is 0 Å². The van der Waals surface area contributed by atoms with E-state index in [9.17, 15) is 9.59 Å². The molecule has 138 valence electrons. The van der Waals surface area contributed by atoms with E-state index in [1.807, 2.05) is 58.0 Å². The molecule has 0 saturated heterocycles. The first-order chi connectivity index (χ1) is 11.7. The molecule has 0 spiro atoms. The molecule has 0 aliphatic heterocycles. The van der Waals surface area contributed by atoms with Crippen LogP contribution in [0.25, 0.3) is 0 Å². The Hall–Kier alpha value is -2.34. The Labute approximate surface area is 149 Å². The van der Waals surface area contributed by atoms with E-state index in [1.165, 1.54) is 0 Å². The van der Waals surface area contributed by atoms with Crippen LogP contribution >= 0.6 is 0 Å². The molecular weight excluding hydrogens is 320 g/mol. The summed E-state index contributed by atoms with van der Waals surface area (Å²) in [5.41, 5.74) is 0.577. The lowest BCUT2D eigenvalue weighted by atomic mass is 10.2. The Morgan fingerprint density at radius 2 is 1.92 bits per heavy atom. The summed E-state index contributed by atoms with van der Waals surface area (Å²) in [7, 11) is 0. The number of carboxylic acid groups (broad SMARTS) is 1. The van der Waals surface area contributed by atoms with E-state index in [1.54, 1.807) is 6.08 Å². The molecule has 6 heteroatoms. The maximum Gasteiger partial charge on any atom is 0.407 e. The summed E-state index contributed by atoms with van der Waals surface area (Å²) in [6, 6.07) is 9.76. The Bertz CT molecular complexity index is 579. The number of alkyl carbamates (subject to hydrolysis) is 1. The van der Waals surface area contributed by atoms with Crippen LogP contribution in [0.15, 0.2) is 42.5 Å². The molecule has 1 unspecified atom stereocenters. The van der Waals surface area contributed by atoms with Gasteiger partial charge in [-0.25, -0.2) is 9.59 Å². The van der Waals surface area contributed by atoms with Crippen LogP contribution in [0.5, 0.6) is 0 Å². The van der Waals surface area contributed by atoms with Gasteiger partial charge in [-0.2, -0.15) is 0 Å². The second-order valence-electron chi connectivity index (χ2n) is 6.97. The fraction of sp³-hybridized carbons (Fsp3) is 0.474. The van der Waals surface area contributed by atoms with Crippen molar-refractivity contribution in [3.8, 4) is 0 Å². The van der Waals surface area contributed by atoms with Gasteiger partial charge in [0, 0.05) is 31.8 Å². The molecule has 6 nitrogen and oxygen atoms in total. The highest BCUT2D eigenvalue weighted by Crippen LogP contribution is 2.08. The van der Waals surface area contributed by atoms with Gasteiger partial charge in [0.05, 0.1) is 0 Å². The van der Waals surface area contributed by atoms with Crippen LogP contribution in [0.4, 0.5) is 4.79 Å². The number of benzene rings is 1. The lowest BCUT2D eigenvalue weighted by molar-refractivity contribution is -0.131. The van der Waals surface area contributed by atoms with Gasteiger partial charge >= 0.3 is 12.1 Å². The molecule has 25 heavy (non-hydrogen) atoms. The molecule has 0 saturated carbocycles. The van der Waals surface area contributed by atoms with Crippen molar-refractivity contribution in [1.82, 2.24) is 10.2 Å². The van der Waals surface area contributed by atoms with Crippen molar-refractivity contribution >= 4 is 12.1 Å². The Kier molecular flexibility index (Phi) is 8.15. The van der Waals surface area contributed by atoms with Crippen molar-refractivity contribution in [3.63, 3.8) is 0 Å². The molecule has 0 bridgehead atoms. The predicted octanol–water partition coefficient (Wildman–Crippen LogP) is 3.04. The van der Waals surface area contributed by atoms with E-state index in [-0.39, 0.29) is 6.04 Å². The lowest BCUT2D eigenvalue weighted by Crippen LogP contribution is -2.43. The van der Waals surface area contributed by atoms with E-state index in [2.05, 4.69) is 10.2 Å². The average molecular weight is 348 g/mol. The maximum absolute atomic E-state index is 11.9. The Morgan fingerprint density at radius 3 is 2.48 bits per heavy atom. The van der Waals surface area contributed by atoms with Gasteiger partial charge in [-0.05, 0) is 33.3 Å². The van der Waals surface area contributed by atoms with Gasteiger partial charge in [-0.3, -0.25) is 4.90 Å². The van der Waals surface area contributed by atoms with Crippen LogP contribution in [-0.4, -0.2) is 46.8 Å². The number of carbonyl (C=O) groups excluding carboxylic acids is 1. The van der Waals surface area contributed by atoms with Gasteiger partial charge in [0.25, 0.3) is 0 Å². The summed E-state index contributed by atoms with van der Waals surface area (Å²) >= 11 is 0. The third-order valence-electron chi connectivity index (χ3n) is 3.17. The topological polar surface area (TPSA) is 78.9 Å². The number of hydrogen-bond donors (Lipinski definition) is 2. The number of aliphatic carboxylic acids is 1. The second kappa shape index (κ2) is 9.84. The van der Waals surface area contributed by atoms with Gasteiger partial charge in [0.1, 0.15) is 5.60 Å². The molecule has 1 amide bonds. The second-order valence-corrected chi connectivity index (χ2v) is 6.97. The van der Waals surface area contributed by atoms with E-state index < -0.39 is 17.7 Å². The molecule has 1 aromatic carbocycles. The highest BCUT2D eigenvalue weighted by atomic mass is 16.6. The normalized spacial score (nSPS) is 13.0. The number of carbonyl (C=O) groups is 2. The first-order valence-corrected chi connectivity index (χ1v) is 8.31. The number of nitrogens with one attached hydrogen (secondary N) is 1. The summed E-state index contributed by atoms with van der Waals surface area (Å²) in [5, 5.41) is 11.6. The number of ether oxygens (including phenoxy) is 1. The minimum Gasteiger partial charge on any atom is -0.478 e. The van der Waals surface area contributed by atoms with E-state index in [0.29, 0.717) is 19.6 Å². The standard InChI is InChI=1S/C19H28N2O4/c1-15(20-18(24)25-19(2,3)4)13-21(12-8-11-17(22)23)14-16-9-6-5-7-10-16/h5-11,15H,12-14H2,1-4H3,(H,20,24)(H,22,23)/b11-8+. The summed E-state index contributed by atoms with van der Waals surface area (Å²) in [6.45, 7) is 9.04. The Morgan fingerprint density at radius 1 is 1.28 bits per heavy atom. The van der Waals surface area contributed by atoms with Crippen molar-refractivity contribution < 1.29 is 19.4 Å². The quantitative estimate of drug-likeness (QED) is 0.706. The summed E-state index contributed by atoms with van der Waals surface area (Å²) < 4.78 is 5.26. The minimum absolute atomic E-state index is 0.142. The van der Waals surface area contributed by atoms with Crippen molar-refractivity contribution in [2.24, 2.45) is 0 Å². The SMILES string of the molecule is CC(CN(C/C=C/C(=O)O)Cc1ccccc1)NC(=O)OC(C)(C)C. The number of rotatable bonds is 8. The fourth-order valence-corrected chi connectivity index (χ4v) is 2.29. The van der Waals surface area contributed by atoms with Crippen LogP contribution < -0.4 is 5.32 Å². The zero-order valence-corrected chi connectivity index (χ0v) is 15.4. The van der Waals surface area contributed by atoms with Gasteiger partial charge in [0.2, 0.25) is 0 Å². The van der Waals surface area contributed by atoms with Gasteiger partial charge in [0.15, 0.2) is 0 Å². The molecule has 0 aromatic heterocycles. The molecule has 0 radical (unpaired) electrons. The third kappa shape index (κ3) is 10.2. The first-order valence-electron chi connectivity index (χ1n) is 8.31. The predicted molar refractivity (Wildman–Crippen MR) is 97.3 cm³/mol. The number of hydrogen-bond acceptors (Lipinski definition) is 4. The molecule has 0 heterocycles. The monoisotopic (exact) mass is 348 g/mol. The van der Waals surface area contributed by atoms with Gasteiger partial charge < -0.3 is 15.2 Å². The molecular formula is C19H28N2O4. The van der Waals surface area contributed by atoms with Crippen molar-refractivity contribution in [2.45, 2.75) is 45.9 Å². The number of amides is 1. The molecule has 0 fully saturated rings. The van der Waals surface area contributed by atoms with Crippen LogP contribution in [-0.2, 0) is 16.1 Å². The fourth-order valence-electron chi connectivity index (χ4n) is 2.29. The van der Waals surface area contributed by atoms with E-state index in [4.69, 9.17) is 9.84 Å². The molecule has 0 aliphatic carbocycles. The van der Waals surface area contributed by atoms with Crippen molar-refractivity contribution in [3.05, 3.63) is 48.0 Å². The smallest absolute Gasteiger partial charge is 0.407 e. The van der Waals surface area contributed by atoms with Gasteiger partial charge in [-0.1, -0.05) is 36.4 Å². The van der Waals surface area contributed by atoms with Crippen molar-refractivity contribution in [1.29, 1.82) is 0 Å². The highest BCUT2D eigenvalue weighted by molar-refractivity contribution is 5.79. The number of carboxylic acids is 1. The largest absolute Gasteiger partial charge is 0.478 e. The van der Waals surface area contributed by atoms with Crippen LogP contribution in [0.3, 0.4) is 0 Å². The number of nitrogens with zero attached hydrogens (tertiary/aromatic N) is 1. The zero-order chi connectivity index (χ0) is 18.9. The van der Waals surface area contributed by atoms with E-state index in [0.717, 1.165) is 11.6 Å². The molecule has 1 rings (SSSR count).